The average Bonchev–Trinajstić information content (AvgIpc) is 2.34. The van der Waals surface area contributed by atoms with Gasteiger partial charge in [0, 0.05) is 12.1 Å². The SMILES string of the molecule is CC(C)(C)[Si](C)(C)OCCNC(=O)c1ccc(F)cc1. The topological polar surface area (TPSA) is 38.3 Å². The molecule has 1 amide bonds. The van der Waals surface area contributed by atoms with Crippen LogP contribution in [0.4, 0.5) is 4.39 Å². The lowest BCUT2D eigenvalue weighted by molar-refractivity contribution is 0.0945. The molecule has 0 aliphatic carbocycles. The summed E-state index contributed by atoms with van der Waals surface area (Å²) in [6.07, 6.45) is 0. The van der Waals surface area contributed by atoms with Crippen molar-refractivity contribution in [3.63, 3.8) is 0 Å². The number of carbonyl (C=O) groups excluding carboxylic acids is 1. The van der Waals surface area contributed by atoms with Gasteiger partial charge in [-0.1, -0.05) is 20.8 Å². The molecule has 0 spiro atoms. The van der Waals surface area contributed by atoms with E-state index in [0.29, 0.717) is 18.7 Å². The highest BCUT2D eigenvalue weighted by molar-refractivity contribution is 6.74. The molecule has 0 radical (unpaired) electrons. The van der Waals surface area contributed by atoms with Crippen LogP contribution in [0.2, 0.25) is 18.1 Å². The third-order valence-electron chi connectivity index (χ3n) is 3.76. The lowest BCUT2D eigenvalue weighted by Gasteiger charge is -2.36. The van der Waals surface area contributed by atoms with Crippen LogP contribution >= 0.6 is 0 Å². The third-order valence-corrected chi connectivity index (χ3v) is 8.30. The van der Waals surface area contributed by atoms with E-state index in [0.717, 1.165) is 0 Å². The number of benzene rings is 1. The lowest BCUT2D eigenvalue weighted by Crippen LogP contribution is -2.42. The van der Waals surface area contributed by atoms with Crippen LogP contribution in [-0.2, 0) is 4.43 Å². The zero-order valence-electron chi connectivity index (χ0n) is 12.9. The highest BCUT2D eigenvalue weighted by atomic mass is 28.4. The van der Waals surface area contributed by atoms with Gasteiger partial charge in [0.15, 0.2) is 8.32 Å². The van der Waals surface area contributed by atoms with Crippen molar-refractivity contribution in [2.45, 2.75) is 38.9 Å². The van der Waals surface area contributed by atoms with Crippen molar-refractivity contribution < 1.29 is 13.6 Å². The Labute approximate surface area is 121 Å². The second kappa shape index (κ2) is 6.50. The number of rotatable bonds is 5. The molecule has 0 saturated heterocycles. The molecule has 0 aliphatic heterocycles. The fourth-order valence-electron chi connectivity index (χ4n) is 1.39. The van der Waals surface area contributed by atoms with E-state index in [1.165, 1.54) is 24.3 Å². The van der Waals surface area contributed by atoms with Crippen molar-refractivity contribution in [3.8, 4) is 0 Å². The summed E-state index contributed by atoms with van der Waals surface area (Å²) in [5, 5.41) is 2.94. The maximum atomic E-state index is 12.8. The minimum Gasteiger partial charge on any atom is -0.415 e. The van der Waals surface area contributed by atoms with Crippen LogP contribution in [0.5, 0.6) is 0 Å². The van der Waals surface area contributed by atoms with Crippen molar-refractivity contribution >= 4 is 14.2 Å². The molecule has 1 aromatic carbocycles. The fraction of sp³-hybridized carbons (Fsp3) is 0.533. The predicted octanol–water partition coefficient (Wildman–Crippen LogP) is 3.58. The van der Waals surface area contributed by atoms with Crippen LogP contribution in [0.25, 0.3) is 0 Å². The van der Waals surface area contributed by atoms with Crippen molar-refractivity contribution in [1.82, 2.24) is 5.32 Å². The van der Waals surface area contributed by atoms with Gasteiger partial charge in [0.1, 0.15) is 5.82 Å². The van der Waals surface area contributed by atoms with E-state index in [-0.39, 0.29) is 16.8 Å². The number of halogens is 1. The summed E-state index contributed by atoms with van der Waals surface area (Å²) in [6, 6.07) is 5.50. The van der Waals surface area contributed by atoms with Gasteiger partial charge >= 0.3 is 0 Å². The molecular formula is C15H24FNO2Si. The molecule has 5 heteroatoms. The molecule has 0 bridgehead atoms. The van der Waals surface area contributed by atoms with E-state index in [2.05, 4.69) is 39.2 Å². The molecule has 20 heavy (non-hydrogen) atoms. The number of nitrogens with one attached hydrogen (secondary N) is 1. The van der Waals surface area contributed by atoms with Gasteiger partial charge in [-0.05, 0) is 42.4 Å². The van der Waals surface area contributed by atoms with Crippen molar-refractivity contribution in [2.24, 2.45) is 0 Å². The van der Waals surface area contributed by atoms with Crippen molar-refractivity contribution in [3.05, 3.63) is 35.6 Å². The van der Waals surface area contributed by atoms with Gasteiger partial charge in [0.25, 0.3) is 5.91 Å². The summed E-state index contributed by atoms with van der Waals surface area (Å²) in [5.74, 6) is -0.549. The summed E-state index contributed by atoms with van der Waals surface area (Å²) in [6.45, 7) is 11.8. The van der Waals surface area contributed by atoms with Crippen LogP contribution in [0, 0.1) is 5.82 Å². The lowest BCUT2D eigenvalue weighted by atomic mass is 10.2. The van der Waals surface area contributed by atoms with Gasteiger partial charge < -0.3 is 9.74 Å². The normalized spacial score (nSPS) is 12.3. The first-order chi connectivity index (χ1) is 9.13. The maximum absolute atomic E-state index is 12.8. The number of carbonyl (C=O) groups is 1. The summed E-state index contributed by atoms with van der Waals surface area (Å²) in [4.78, 5) is 11.8. The largest absolute Gasteiger partial charge is 0.415 e. The molecule has 0 heterocycles. The van der Waals surface area contributed by atoms with Crippen LogP contribution in [0.3, 0.4) is 0 Å². The van der Waals surface area contributed by atoms with Gasteiger partial charge in [0.2, 0.25) is 0 Å². The molecule has 0 saturated carbocycles. The van der Waals surface area contributed by atoms with Crippen LogP contribution in [-0.4, -0.2) is 27.4 Å². The summed E-state index contributed by atoms with van der Waals surface area (Å²) in [5.41, 5.74) is 0.457. The Morgan fingerprint density at radius 1 is 1.25 bits per heavy atom. The zero-order chi connectivity index (χ0) is 15.4. The van der Waals surface area contributed by atoms with Crippen molar-refractivity contribution in [2.75, 3.05) is 13.2 Å². The summed E-state index contributed by atoms with van der Waals surface area (Å²) >= 11 is 0. The van der Waals surface area contributed by atoms with E-state index in [4.69, 9.17) is 4.43 Å². The van der Waals surface area contributed by atoms with E-state index >= 15 is 0 Å². The molecule has 112 valence electrons. The average molecular weight is 297 g/mol. The standard InChI is InChI=1S/C15H24FNO2Si/c1-15(2,3)20(4,5)19-11-10-17-14(18)12-6-8-13(16)9-7-12/h6-9H,10-11H2,1-5H3,(H,17,18). The Balaban J connectivity index is 2.38. The van der Waals surface area contributed by atoms with Crippen LogP contribution in [0.15, 0.2) is 24.3 Å². The van der Waals surface area contributed by atoms with E-state index < -0.39 is 8.32 Å². The second-order valence-electron chi connectivity index (χ2n) is 6.37. The Bertz CT molecular complexity index is 452. The fourth-order valence-corrected chi connectivity index (χ4v) is 2.44. The Morgan fingerprint density at radius 2 is 1.80 bits per heavy atom. The molecule has 0 aliphatic rings. The van der Waals surface area contributed by atoms with E-state index in [1.807, 2.05) is 0 Å². The first-order valence-corrected chi connectivity index (χ1v) is 9.72. The smallest absolute Gasteiger partial charge is 0.251 e. The number of hydrogen-bond donors (Lipinski definition) is 1. The minimum atomic E-state index is -1.76. The molecule has 0 fully saturated rings. The Hall–Kier alpha value is -1.20. The van der Waals surface area contributed by atoms with Crippen molar-refractivity contribution in [1.29, 1.82) is 0 Å². The zero-order valence-corrected chi connectivity index (χ0v) is 13.9. The van der Waals surface area contributed by atoms with E-state index in [9.17, 15) is 9.18 Å². The molecular weight excluding hydrogens is 273 g/mol. The molecule has 0 atom stereocenters. The molecule has 1 aromatic rings. The van der Waals surface area contributed by atoms with Gasteiger partial charge in [-0.3, -0.25) is 4.79 Å². The molecule has 0 unspecified atom stereocenters. The maximum Gasteiger partial charge on any atom is 0.251 e. The Kier molecular flexibility index (Phi) is 5.47. The van der Waals surface area contributed by atoms with E-state index in [1.54, 1.807) is 0 Å². The molecule has 1 rings (SSSR count). The van der Waals surface area contributed by atoms with Crippen LogP contribution < -0.4 is 5.32 Å². The van der Waals surface area contributed by atoms with Crippen LogP contribution in [0.1, 0.15) is 31.1 Å². The quantitative estimate of drug-likeness (QED) is 0.666. The predicted molar refractivity (Wildman–Crippen MR) is 81.9 cm³/mol. The minimum absolute atomic E-state index is 0.161. The number of amides is 1. The molecule has 0 aromatic heterocycles. The third kappa shape index (κ3) is 4.72. The molecule has 3 nitrogen and oxygen atoms in total. The highest BCUT2D eigenvalue weighted by Gasteiger charge is 2.36. The Morgan fingerprint density at radius 3 is 2.30 bits per heavy atom. The second-order valence-corrected chi connectivity index (χ2v) is 11.2. The van der Waals surface area contributed by atoms with Gasteiger partial charge in [-0.15, -0.1) is 0 Å². The summed E-state index contributed by atoms with van der Waals surface area (Å²) in [7, 11) is -1.76. The van der Waals surface area contributed by atoms with Gasteiger partial charge in [0.05, 0.1) is 6.61 Å². The summed E-state index contributed by atoms with van der Waals surface area (Å²) < 4.78 is 18.7. The monoisotopic (exact) mass is 297 g/mol. The van der Waals surface area contributed by atoms with Gasteiger partial charge in [-0.25, -0.2) is 4.39 Å². The van der Waals surface area contributed by atoms with Gasteiger partial charge in [-0.2, -0.15) is 0 Å². The number of hydrogen-bond acceptors (Lipinski definition) is 2. The highest BCUT2D eigenvalue weighted by Crippen LogP contribution is 2.36. The first-order valence-electron chi connectivity index (χ1n) is 6.81. The molecule has 1 N–H and O–H groups in total. The first kappa shape index (κ1) is 16.9.